The van der Waals surface area contributed by atoms with Gasteiger partial charge in [-0.25, -0.2) is 0 Å². The maximum atomic E-state index is 12.1. The molecule has 2 aliphatic heterocycles. The first-order valence-corrected chi connectivity index (χ1v) is 8.28. The molecule has 4 nitrogen and oxygen atoms in total. The highest BCUT2D eigenvalue weighted by Gasteiger charge is 2.34. The molecule has 2 unspecified atom stereocenters. The Kier molecular flexibility index (Phi) is 3.69. The van der Waals surface area contributed by atoms with Gasteiger partial charge in [-0.05, 0) is 36.1 Å². The SMILES string of the molecule is COc1ccc(CN2CC3CC(C2)c2cccc(=O)n2C3)cc1. The van der Waals surface area contributed by atoms with Gasteiger partial charge in [0.15, 0.2) is 0 Å². The van der Waals surface area contributed by atoms with Crippen LogP contribution in [0.5, 0.6) is 5.75 Å². The number of likely N-dealkylation sites (tertiary alicyclic amines) is 1. The molecule has 2 aromatic rings. The molecule has 0 saturated carbocycles. The minimum atomic E-state index is 0.154. The summed E-state index contributed by atoms with van der Waals surface area (Å²) in [5, 5.41) is 0. The lowest BCUT2D eigenvalue weighted by Gasteiger charge is -2.42. The third kappa shape index (κ3) is 2.79. The molecule has 0 aliphatic carbocycles. The summed E-state index contributed by atoms with van der Waals surface area (Å²) in [5.74, 6) is 1.96. The average molecular weight is 310 g/mol. The van der Waals surface area contributed by atoms with E-state index in [1.54, 1.807) is 13.2 Å². The second kappa shape index (κ2) is 5.85. The number of rotatable bonds is 3. The molecule has 0 amide bonds. The van der Waals surface area contributed by atoms with E-state index in [-0.39, 0.29) is 5.56 Å². The summed E-state index contributed by atoms with van der Waals surface area (Å²) in [6.07, 6.45) is 1.21. The van der Waals surface area contributed by atoms with Crippen LogP contribution in [0.3, 0.4) is 0 Å². The number of ether oxygens (including phenoxy) is 1. The van der Waals surface area contributed by atoms with Crippen molar-refractivity contribution in [2.45, 2.75) is 25.4 Å². The fraction of sp³-hybridized carbons (Fsp3) is 0.421. The molecule has 2 bridgehead atoms. The van der Waals surface area contributed by atoms with Gasteiger partial charge in [-0.2, -0.15) is 0 Å². The van der Waals surface area contributed by atoms with E-state index >= 15 is 0 Å². The molecular formula is C19H22N2O2. The van der Waals surface area contributed by atoms with E-state index in [1.807, 2.05) is 22.8 Å². The predicted octanol–water partition coefficient (Wildman–Crippen LogP) is 2.48. The van der Waals surface area contributed by atoms with Crippen LogP contribution in [0.15, 0.2) is 47.3 Å². The molecule has 120 valence electrons. The van der Waals surface area contributed by atoms with Crippen LogP contribution in [0.2, 0.25) is 0 Å². The summed E-state index contributed by atoms with van der Waals surface area (Å²) in [6.45, 7) is 3.94. The van der Waals surface area contributed by atoms with E-state index in [2.05, 4.69) is 23.1 Å². The summed E-state index contributed by atoms with van der Waals surface area (Å²) >= 11 is 0. The van der Waals surface area contributed by atoms with Crippen LogP contribution in [-0.2, 0) is 13.1 Å². The minimum absolute atomic E-state index is 0.154. The quantitative estimate of drug-likeness (QED) is 0.873. The maximum absolute atomic E-state index is 12.1. The molecule has 0 radical (unpaired) electrons. The molecule has 23 heavy (non-hydrogen) atoms. The van der Waals surface area contributed by atoms with Crippen molar-refractivity contribution in [3.63, 3.8) is 0 Å². The molecule has 1 saturated heterocycles. The van der Waals surface area contributed by atoms with Crippen molar-refractivity contribution in [3.05, 3.63) is 64.1 Å². The summed E-state index contributed by atoms with van der Waals surface area (Å²) in [5.41, 5.74) is 2.69. The van der Waals surface area contributed by atoms with Gasteiger partial charge in [0.2, 0.25) is 0 Å². The number of methoxy groups -OCH3 is 1. The molecule has 4 heteroatoms. The van der Waals surface area contributed by atoms with E-state index in [1.165, 1.54) is 17.7 Å². The van der Waals surface area contributed by atoms with Crippen molar-refractivity contribution in [3.8, 4) is 5.75 Å². The van der Waals surface area contributed by atoms with Crippen molar-refractivity contribution < 1.29 is 4.74 Å². The summed E-state index contributed by atoms with van der Waals surface area (Å²) in [7, 11) is 1.69. The first kappa shape index (κ1) is 14.5. The van der Waals surface area contributed by atoms with Gasteiger partial charge >= 0.3 is 0 Å². The zero-order valence-corrected chi connectivity index (χ0v) is 13.4. The monoisotopic (exact) mass is 310 g/mol. The van der Waals surface area contributed by atoms with Gasteiger partial charge in [0.25, 0.3) is 5.56 Å². The Balaban J connectivity index is 1.52. The molecule has 1 aromatic carbocycles. The van der Waals surface area contributed by atoms with Crippen LogP contribution in [0.1, 0.15) is 23.6 Å². The molecule has 0 spiro atoms. The van der Waals surface area contributed by atoms with Crippen molar-refractivity contribution in [1.29, 1.82) is 0 Å². The second-order valence-electron chi connectivity index (χ2n) is 6.74. The van der Waals surface area contributed by atoms with Gasteiger partial charge in [-0.1, -0.05) is 18.2 Å². The lowest BCUT2D eigenvalue weighted by atomic mass is 9.83. The van der Waals surface area contributed by atoms with Gasteiger partial charge in [-0.15, -0.1) is 0 Å². The fourth-order valence-electron chi connectivity index (χ4n) is 4.11. The number of fused-ring (bicyclic) bond motifs is 4. The van der Waals surface area contributed by atoms with Crippen LogP contribution in [0, 0.1) is 5.92 Å². The third-order valence-electron chi connectivity index (χ3n) is 5.12. The molecular weight excluding hydrogens is 288 g/mol. The molecule has 1 fully saturated rings. The molecule has 0 N–H and O–H groups in total. The molecule has 2 atom stereocenters. The Hall–Kier alpha value is -2.07. The largest absolute Gasteiger partial charge is 0.497 e. The lowest BCUT2D eigenvalue weighted by molar-refractivity contribution is 0.114. The zero-order chi connectivity index (χ0) is 15.8. The fourth-order valence-corrected chi connectivity index (χ4v) is 4.11. The number of pyridine rings is 1. The number of hydrogen-bond acceptors (Lipinski definition) is 3. The summed E-state index contributed by atoms with van der Waals surface area (Å²) in [4.78, 5) is 14.6. The van der Waals surface area contributed by atoms with Crippen LogP contribution in [-0.4, -0.2) is 29.7 Å². The number of benzene rings is 1. The molecule has 3 heterocycles. The third-order valence-corrected chi connectivity index (χ3v) is 5.12. The average Bonchev–Trinajstić information content (AvgIpc) is 2.57. The second-order valence-corrected chi connectivity index (χ2v) is 6.74. The molecule has 1 aromatic heterocycles. The molecule has 2 aliphatic rings. The van der Waals surface area contributed by atoms with E-state index in [4.69, 9.17) is 4.74 Å². The van der Waals surface area contributed by atoms with Crippen LogP contribution >= 0.6 is 0 Å². The van der Waals surface area contributed by atoms with E-state index in [0.717, 1.165) is 31.9 Å². The molecule has 4 rings (SSSR count). The summed E-state index contributed by atoms with van der Waals surface area (Å²) in [6, 6.07) is 14.0. The topological polar surface area (TPSA) is 34.5 Å². The standard InChI is InChI=1S/C19H22N2O2/c1-23-17-7-5-14(6-8-17)10-20-11-15-9-16(13-20)18-3-2-4-19(22)21(18)12-15/h2-8,15-16H,9-13H2,1H3. The number of piperidine rings is 1. The van der Waals surface area contributed by atoms with Crippen LogP contribution < -0.4 is 10.3 Å². The first-order chi connectivity index (χ1) is 11.2. The highest BCUT2D eigenvalue weighted by molar-refractivity contribution is 5.27. The van der Waals surface area contributed by atoms with Gasteiger partial charge in [0.05, 0.1) is 7.11 Å². The predicted molar refractivity (Wildman–Crippen MR) is 89.8 cm³/mol. The summed E-state index contributed by atoms with van der Waals surface area (Å²) < 4.78 is 7.21. The number of nitrogens with zero attached hydrogens (tertiary/aromatic N) is 2. The van der Waals surface area contributed by atoms with E-state index in [0.29, 0.717) is 11.8 Å². The van der Waals surface area contributed by atoms with Crippen molar-refractivity contribution in [1.82, 2.24) is 9.47 Å². The van der Waals surface area contributed by atoms with Crippen LogP contribution in [0.25, 0.3) is 0 Å². The van der Waals surface area contributed by atoms with E-state index in [9.17, 15) is 4.79 Å². The van der Waals surface area contributed by atoms with Gasteiger partial charge in [-0.3, -0.25) is 9.69 Å². The van der Waals surface area contributed by atoms with Gasteiger partial charge in [0.1, 0.15) is 5.75 Å². The van der Waals surface area contributed by atoms with Gasteiger partial charge in [0, 0.05) is 43.9 Å². The minimum Gasteiger partial charge on any atom is -0.497 e. The first-order valence-electron chi connectivity index (χ1n) is 8.28. The Morgan fingerprint density at radius 2 is 1.91 bits per heavy atom. The normalized spacial score (nSPS) is 23.3. The van der Waals surface area contributed by atoms with Crippen molar-refractivity contribution in [2.75, 3.05) is 20.2 Å². The van der Waals surface area contributed by atoms with Crippen molar-refractivity contribution >= 4 is 0 Å². The zero-order valence-electron chi connectivity index (χ0n) is 13.4. The van der Waals surface area contributed by atoms with Gasteiger partial charge < -0.3 is 9.30 Å². The van der Waals surface area contributed by atoms with E-state index < -0.39 is 0 Å². The highest BCUT2D eigenvalue weighted by Crippen LogP contribution is 2.35. The maximum Gasteiger partial charge on any atom is 0.250 e. The Bertz CT molecular complexity index is 751. The number of hydrogen-bond donors (Lipinski definition) is 0. The Morgan fingerprint density at radius 3 is 2.70 bits per heavy atom. The Morgan fingerprint density at radius 1 is 1.09 bits per heavy atom. The Labute approximate surface area is 136 Å². The van der Waals surface area contributed by atoms with Crippen LogP contribution in [0.4, 0.5) is 0 Å². The highest BCUT2D eigenvalue weighted by atomic mass is 16.5. The smallest absolute Gasteiger partial charge is 0.250 e. The van der Waals surface area contributed by atoms with Crippen molar-refractivity contribution in [2.24, 2.45) is 5.92 Å². The number of aromatic nitrogens is 1. The lowest BCUT2D eigenvalue weighted by Crippen LogP contribution is -2.46.